The van der Waals surface area contributed by atoms with Crippen molar-refractivity contribution in [1.29, 1.82) is 0 Å². The molecule has 0 radical (unpaired) electrons. The molecule has 1 N–H and O–H groups in total. The maximum Gasteiger partial charge on any atom is 0.125 e. The number of hydrogen-bond donors (Lipinski definition) is 1. The highest BCUT2D eigenvalue weighted by molar-refractivity contribution is 5.56. The molecule has 2 aliphatic heterocycles. The predicted molar refractivity (Wildman–Crippen MR) is 72.4 cm³/mol. The molecule has 2 saturated heterocycles. The van der Waals surface area contributed by atoms with E-state index in [9.17, 15) is 4.39 Å². The van der Waals surface area contributed by atoms with Gasteiger partial charge in [0.2, 0.25) is 0 Å². The first kappa shape index (κ1) is 12.0. The molecule has 0 aliphatic carbocycles. The summed E-state index contributed by atoms with van der Waals surface area (Å²) < 4.78 is 13.5. The third-order valence-corrected chi connectivity index (χ3v) is 4.12. The van der Waals surface area contributed by atoms with Crippen molar-refractivity contribution < 1.29 is 4.39 Å². The number of rotatable bonds is 2. The fraction of sp³-hybridized carbons (Fsp3) is 0.600. The topological polar surface area (TPSA) is 15.3 Å². The third-order valence-electron chi connectivity index (χ3n) is 4.12. The van der Waals surface area contributed by atoms with Crippen molar-refractivity contribution in [3.63, 3.8) is 0 Å². The van der Waals surface area contributed by atoms with Gasteiger partial charge < -0.3 is 10.2 Å². The zero-order valence-corrected chi connectivity index (χ0v) is 10.8. The number of nitrogens with zero attached hydrogens (tertiary/aromatic N) is 1. The molecule has 0 bridgehead atoms. The second kappa shape index (κ2) is 5.27. The molecule has 98 valence electrons. The van der Waals surface area contributed by atoms with E-state index in [0.29, 0.717) is 6.04 Å². The molecule has 1 aromatic rings. The minimum absolute atomic E-state index is 0.114. The summed E-state index contributed by atoms with van der Waals surface area (Å²) in [4.78, 5) is 2.34. The van der Waals surface area contributed by atoms with Crippen molar-refractivity contribution in [1.82, 2.24) is 5.32 Å². The maximum atomic E-state index is 13.5. The van der Waals surface area contributed by atoms with E-state index in [1.165, 1.54) is 37.7 Å². The van der Waals surface area contributed by atoms with E-state index in [2.05, 4.69) is 10.2 Å². The summed E-state index contributed by atoms with van der Waals surface area (Å²) in [5.41, 5.74) is 2.41. The van der Waals surface area contributed by atoms with Crippen LogP contribution in [0, 0.1) is 5.82 Å². The smallest absolute Gasteiger partial charge is 0.125 e. The number of benzene rings is 1. The highest BCUT2D eigenvalue weighted by Gasteiger charge is 2.22. The van der Waals surface area contributed by atoms with Gasteiger partial charge in [0, 0.05) is 24.8 Å². The van der Waals surface area contributed by atoms with Gasteiger partial charge in [-0.3, -0.25) is 0 Å². The number of anilines is 1. The number of halogens is 1. The minimum Gasteiger partial charge on any atom is -0.371 e. The Bertz CT molecular complexity index is 407. The van der Waals surface area contributed by atoms with Crippen LogP contribution in [0.25, 0.3) is 0 Å². The highest BCUT2D eigenvalue weighted by Crippen LogP contribution is 2.33. The summed E-state index contributed by atoms with van der Waals surface area (Å²) >= 11 is 0. The summed E-state index contributed by atoms with van der Waals surface area (Å²) in [5, 5.41) is 3.57. The van der Waals surface area contributed by atoms with Gasteiger partial charge in [0.25, 0.3) is 0 Å². The van der Waals surface area contributed by atoms with E-state index in [1.807, 2.05) is 6.07 Å². The molecule has 3 rings (SSSR count). The van der Waals surface area contributed by atoms with Gasteiger partial charge in [-0.05, 0) is 49.9 Å². The lowest BCUT2D eigenvalue weighted by Crippen LogP contribution is -2.29. The van der Waals surface area contributed by atoms with Crippen LogP contribution < -0.4 is 10.2 Å². The van der Waals surface area contributed by atoms with E-state index >= 15 is 0 Å². The largest absolute Gasteiger partial charge is 0.371 e. The Morgan fingerprint density at radius 1 is 1.11 bits per heavy atom. The second-order valence-electron chi connectivity index (χ2n) is 5.40. The third kappa shape index (κ3) is 2.37. The van der Waals surface area contributed by atoms with Crippen LogP contribution in [-0.4, -0.2) is 19.6 Å². The van der Waals surface area contributed by atoms with Crippen molar-refractivity contribution in [3.05, 3.63) is 29.6 Å². The van der Waals surface area contributed by atoms with Crippen LogP contribution in [0.15, 0.2) is 18.2 Å². The summed E-state index contributed by atoms with van der Waals surface area (Å²) in [5.74, 6) is -0.114. The van der Waals surface area contributed by atoms with Gasteiger partial charge in [0.1, 0.15) is 5.82 Å². The Morgan fingerprint density at radius 2 is 1.94 bits per heavy atom. The number of hydrogen-bond acceptors (Lipinski definition) is 2. The molecule has 2 heterocycles. The van der Waals surface area contributed by atoms with Crippen LogP contribution in [0.5, 0.6) is 0 Å². The van der Waals surface area contributed by atoms with Gasteiger partial charge in [-0.2, -0.15) is 0 Å². The monoisotopic (exact) mass is 248 g/mol. The van der Waals surface area contributed by atoms with Gasteiger partial charge in [0.15, 0.2) is 0 Å². The predicted octanol–water partition coefficient (Wildman–Crippen LogP) is 3.24. The van der Waals surface area contributed by atoms with Crippen LogP contribution in [-0.2, 0) is 0 Å². The first-order valence-corrected chi connectivity index (χ1v) is 7.12. The Kier molecular flexibility index (Phi) is 3.50. The lowest BCUT2D eigenvalue weighted by molar-refractivity contribution is 0.412. The van der Waals surface area contributed by atoms with Gasteiger partial charge in [-0.1, -0.05) is 12.5 Å². The fourth-order valence-corrected chi connectivity index (χ4v) is 3.16. The van der Waals surface area contributed by atoms with E-state index < -0.39 is 0 Å². The molecule has 2 fully saturated rings. The van der Waals surface area contributed by atoms with E-state index in [0.717, 1.165) is 25.3 Å². The van der Waals surface area contributed by atoms with Crippen LogP contribution >= 0.6 is 0 Å². The fourth-order valence-electron chi connectivity index (χ4n) is 3.16. The zero-order valence-electron chi connectivity index (χ0n) is 10.8. The van der Waals surface area contributed by atoms with Crippen molar-refractivity contribution in [2.24, 2.45) is 0 Å². The van der Waals surface area contributed by atoms with Gasteiger partial charge >= 0.3 is 0 Å². The Labute approximate surface area is 108 Å². The molecule has 1 aromatic carbocycles. The van der Waals surface area contributed by atoms with Crippen molar-refractivity contribution >= 4 is 5.69 Å². The Balaban J connectivity index is 1.91. The molecule has 0 amide bonds. The summed E-state index contributed by atoms with van der Waals surface area (Å²) in [6.07, 6.45) is 6.17. The van der Waals surface area contributed by atoms with E-state index in [-0.39, 0.29) is 5.82 Å². The van der Waals surface area contributed by atoms with Gasteiger partial charge in [-0.15, -0.1) is 0 Å². The van der Waals surface area contributed by atoms with Crippen molar-refractivity contribution in [2.45, 2.75) is 38.1 Å². The first-order valence-electron chi connectivity index (χ1n) is 7.12. The molecular weight excluding hydrogens is 227 g/mol. The molecule has 2 aliphatic rings. The molecule has 3 heteroatoms. The van der Waals surface area contributed by atoms with Crippen LogP contribution in [0.4, 0.5) is 10.1 Å². The number of nitrogens with one attached hydrogen (secondary N) is 1. The number of piperidine rings is 1. The normalized spacial score (nSPS) is 24.5. The minimum atomic E-state index is -0.114. The van der Waals surface area contributed by atoms with Gasteiger partial charge in [0.05, 0.1) is 0 Å². The highest BCUT2D eigenvalue weighted by atomic mass is 19.1. The SMILES string of the molecule is Fc1ccc(C2CCCCN2)c(N2CCCC2)c1. The van der Waals surface area contributed by atoms with Crippen LogP contribution in [0.1, 0.15) is 43.7 Å². The molecule has 2 nitrogen and oxygen atoms in total. The van der Waals surface area contributed by atoms with Crippen molar-refractivity contribution in [2.75, 3.05) is 24.5 Å². The van der Waals surface area contributed by atoms with E-state index in [1.54, 1.807) is 12.1 Å². The molecule has 18 heavy (non-hydrogen) atoms. The summed E-state index contributed by atoms with van der Waals surface area (Å²) in [7, 11) is 0. The van der Waals surface area contributed by atoms with Gasteiger partial charge in [-0.25, -0.2) is 4.39 Å². The molecule has 0 aromatic heterocycles. The lowest BCUT2D eigenvalue weighted by atomic mass is 9.95. The Morgan fingerprint density at radius 3 is 2.67 bits per heavy atom. The average molecular weight is 248 g/mol. The van der Waals surface area contributed by atoms with Crippen molar-refractivity contribution in [3.8, 4) is 0 Å². The molecule has 1 atom stereocenters. The second-order valence-corrected chi connectivity index (χ2v) is 5.40. The molecule has 1 unspecified atom stereocenters. The van der Waals surface area contributed by atoms with Crippen LogP contribution in [0.3, 0.4) is 0 Å². The standard InChI is InChI=1S/C15H21FN2/c16-12-6-7-13(14-5-1-2-8-17-14)15(11-12)18-9-3-4-10-18/h6-7,11,14,17H,1-5,8-10H2. The maximum absolute atomic E-state index is 13.5. The Hall–Kier alpha value is -1.09. The molecular formula is C15H21FN2. The lowest BCUT2D eigenvalue weighted by Gasteiger charge is -2.29. The average Bonchev–Trinajstić information content (AvgIpc) is 2.93. The molecule has 0 saturated carbocycles. The van der Waals surface area contributed by atoms with Crippen LogP contribution in [0.2, 0.25) is 0 Å². The molecule has 0 spiro atoms. The van der Waals surface area contributed by atoms with E-state index in [4.69, 9.17) is 0 Å². The summed E-state index contributed by atoms with van der Waals surface area (Å²) in [6.45, 7) is 3.23. The first-order chi connectivity index (χ1) is 8.84. The summed E-state index contributed by atoms with van der Waals surface area (Å²) in [6, 6.07) is 5.71. The quantitative estimate of drug-likeness (QED) is 0.864. The zero-order chi connectivity index (χ0) is 12.4.